The standard InChI is InChI=1S/C16H26N2O3S/c1-12-7-5-8-13(2)15(12)21-11-14(3)18-16(19)17-9-6-10-22(4)20/h5,7-8,14H,6,9-11H2,1-4H3,(H2,17,18,19). The molecule has 0 aliphatic rings. The molecule has 0 heterocycles. The predicted octanol–water partition coefficient (Wildman–Crippen LogP) is 2.14. The van der Waals surface area contributed by atoms with Crippen LogP contribution in [-0.4, -0.2) is 41.4 Å². The highest BCUT2D eigenvalue weighted by Gasteiger charge is 2.09. The van der Waals surface area contributed by atoms with E-state index in [9.17, 15) is 9.00 Å². The monoisotopic (exact) mass is 326 g/mol. The van der Waals surface area contributed by atoms with E-state index in [1.807, 2.05) is 39.0 Å². The number of aryl methyl sites for hydroxylation is 2. The molecule has 124 valence electrons. The highest BCUT2D eigenvalue weighted by Crippen LogP contribution is 2.22. The van der Waals surface area contributed by atoms with Crippen molar-refractivity contribution >= 4 is 16.8 Å². The van der Waals surface area contributed by atoms with E-state index >= 15 is 0 Å². The molecule has 6 heteroatoms. The highest BCUT2D eigenvalue weighted by molar-refractivity contribution is 7.84. The third-order valence-electron chi connectivity index (χ3n) is 3.16. The molecule has 0 saturated heterocycles. The molecule has 0 spiro atoms. The lowest BCUT2D eigenvalue weighted by atomic mass is 10.1. The molecular weight excluding hydrogens is 300 g/mol. The second-order valence-corrected chi connectivity index (χ2v) is 7.02. The lowest BCUT2D eigenvalue weighted by Crippen LogP contribution is -2.43. The zero-order chi connectivity index (χ0) is 16.5. The van der Waals surface area contributed by atoms with E-state index in [0.29, 0.717) is 25.3 Å². The van der Waals surface area contributed by atoms with E-state index in [4.69, 9.17) is 4.74 Å². The zero-order valence-corrected chi connectivity index (χ0v) is 14.6. The summed E-state index contributed by atoms with van der Waals surface area (Å²) in [6.07, 6.45) is 2.37. The van der Waals surface area contributed by atoms with Gasteiger partial charge in [0.2, 0.25) is 0 Å². The lowest BCUT2D eigenvalue weighted by molar-refractivity contribution is 0.226. The van der Waals surface area contributed by atoms with Gasteiger partial charge in [0.1, 0.15) is 12.4 Å². The van der Waals surface area contributed by atoms with Crippen molar-refractivity contribution in [1.82, 2.24) is 10.6 Å². The Labute approximate surface area is 135 Å². The topological polar surface area (TPSA) is 67.4 Å². The number of carbonyl (C=O) groups excluding carboxylic acids is 1. The van der Waals surface area contributed by atoms with E-state index in [0.717, 1.165) is 16.9 Å². The minimum absolute atomic E-state index is 0.0979. The summed E-state index contributed by atoms with van der Waals surface area (Å²) < 4.78 is 16.7. The smallest absolute Gasteiger partial charge is 0.315 e. The first-order chi connectivity index (χ1) is 10.4. The molecule has 1 aromatic carbocycles. The van der Waals surface area contributed by atoms with Crippen LogP contribution in [0.3, 0.4) is 0 Å². The third-order valence-corrected chi connectivity index (χ3v) is 4.02. The number of amides is 2. The summed E-state index contributed by atoms with van der Waals surface area (Å²) >= 11 is 0. The number of nitrogens with one attached hydrogen (secondary N) is 2. The molecule has 0 bridgehead atoms. The highest BCUT2D eigenvalue weighted by atomic mass is 32.2. The van der Waals surface area contributed by atoms with Crippen LogP contribution in [-0.2, 0) is 10.8 Å². The molecule has 0 saturated carbocycles. The Kier molecular flexibility index (Phi) is 7.95. The minimum atomic E-state index is -0.812. The average Bonchev–Trinajstić information content (AvgIpc) is 2.43. The van der Waals surface area contributed by atoms with Gasteiger partial charge < -0.3 is 15.4 Å². The molecule has 0 fully saturated rings. The van der Waals surface area contributed by atoms with Crippen LogP contribution in [0.25, 0.3) is 0 Å². The number of urea groups is 1. The van der Waals surface area contributed by atoms with Crippen molar-refractivity contribution in [2.24, 2.45) is 0 Å². The van der Waals surface area contributed by atoms with Crippen LogP contribution in [0.15, 0.2) is 18.2 Å². The van der Waals surface area contributed by atoms with Crippen molar-refractivity contribution < 1.29 is 13.7 Å². The van der Waals surface area contributed by atoms with Crippen LogP contribution in [0, 0.1) is 13.8 Å². The Bertz CT molecular complexity index is 500. The Balaban J connectivity index is 2.29. The number of para-hydroxylation sites is 1. The fourth-order valence-electron chi connectivity index (χ4n) is 2.03. The Hall–Kier alpha value is -1.56. The lowest BCUT2D eigenvalue weighted by Gasteiger charge is -2.17. The Morgan fingerprint density at radius 1 is 1.32 bits per heavy atom. The summed E-state index contributed by atoms with van der Waals surface area (Å²) in [5, 5.41) is 5.58. The minimum Gasteiger partial charge on any atom is -0.491 e. The van der Waals surface area contributed by atoms with Gasteiger partial charge in [0, 0.05) is 29.4 Å². The second-order valence-electron chi connectivity index (χ2n) is 5.46. The van der Waals surface area contributed by atoms with E-state index in [1.165, 1.54) is 0 Å². The Morgan fingerprint density at radius 2 is 1.95 bits per heavy atom. The summed E-state index contributed by atoms with van der Waals surface area (Å²) in [6.45, 7) is 6.85. The van der Waals surface area contributed by atoms with Crippen LogP contribution in [0.2, 0.25) is 0 Å². The second kappa shape index (κ2) is 9.46. The summed E-state index contributed by atoms with van der Waals surface area (Å²) in [7, 11) is -0.812. The van der Waals surface area contributed by atoms with Gasteiger partial charge in [-0.1, -0.05) is 18.2 Å². The van der Waals surface area contributed by atoms with E-state index in [1.54, 1.807) is 6.26 Å². The molecule has 2 atom stereocenters. The summed E-state index contributed by atoms with van der Waals surface area (Å²) in [5.41, 5.74) is 2.17. The molecule has 22 heavy (non-hydrogen) atoms. The van der Waals surface area contributed by atoms with Gasteiger partial charge in [0.05, 0.1) is 6.04 Å². The largest absolute Gasteiger partial charge is 0.491 e. The molecule has 2 amide bonds. The van der Waals surface area contributed by atoms with Gasteiger partial charge in [0.15, 0.2) is 0 Å². The molecule has 0 radical (unpaired) electrons. The molecular formula is C16H26N2O3S. The first kappa shape index (κ1) is 18.5. The number of ether oxygens (including phenoxy) is 1. The number of rotatable bonds is 8. The molecule has 0 aromatic heterocycles. The molecule has 2 N–H and O–H groups in total. The van der Waals surface area contributed by atoms with Crippen molar-refractivity contribution in [3.8, 4) is 5.75 Å². The van der Waals surface area contributed by atoms with Crippen LogP contribution in [0.5, 0.6) is 5.75 Å². The van der Waals surface area contributed by atoms with Gasteiger partial charge in [-0.2, -0.15) is 0 Å². The first-order valence-corrected chi connectivity index (χ1v) is 9.16. The number of hydrogen-bond acceptors (Lipinski definition) is 3. The van der Waals surface area contributed by atoms with Crippen molar-refractivity contribution in [3.63, 3.8) is 0 Å². The number of benzene rings is 1. The quantitative estimate of drug-likeness (QED) is 0.719. The van der Waals surface area contributed by atoms with Crippen LogP contribution in [0.4, 0.5) is 4.79 Å². The average molecular weight is 326 g/mol. The zero-order valence-electron chi connectivity index (χ0n) is 13.8. The van der Waals surface area contributed by atoms with Gasteiger partial charge in [0.25, 0.3) is 0 Å². The van der Waals surface area contributed by atoms with Gasteiger partial charge in [-0.3, -0.25) is 4.21 Å². The van der Waals surface area contributed by atoms with Crippen LogP contribution in [0.1, 0.15) is 24.5 Å². The number of hydrogen-bond donors (Lipinski definition) is 2. The fraction of sp³-hybridized carbons (Fsp3) is 0.562. The first-order valence-electron chi connectivity index (χ1n) is 7.43. The summed E-state index contributed by atoms with van der Waals surface area (Å²) in [4.78, 5) is 11.7. The van der Waals surface area contributed by atoms with E-state index in [2.05, 4.69) is 10.6 Å². The number of carbonyl (C=O) groups is 1. The maximum atomic E-state index is 11.7. The predicted molar refractivity (Wildman–Crippen MR) is 91.0 cm³/mol. The maximum absolute atomic E-state index is 11.7. The van der Waals surface area contributed by atoms with Crippen molar-refractivity contribution in [3.05, 3.63) is 29.3 Å². The van der Waals surface area contributed by atoms with Crippen LogP contribution < -0.4 is 15.4 Å². The van der Waals surface area contributed by atoms with Gasteiger partial charge >= 0.3 is 6.03 Å². The summed E-state index contributed by atoms with van der Waals surface area (Å²) in [6, 6.07) is 5.69. The van der Waals surface area contributed by atoms with Crippen LogP contribution >= 0.6 is 0 Å². The third kappa shape index (κ3) is 6.93. The van der Waals surface area contributed by atoms with Gasteiger partial charge in [-0.15, -0.1) is 0 Å². The fourth-order valence-corrected chi connectivity index (χ4v) is 2.58. The normalized spacial score (nSPS) is 13.3. The molecule has 0 aliphatic carbocycles. The molecule has 0 aliphatic heterocycles. The van der Waals surface area contributed by atoms with Gasteiger partial charge in [-0.25, -0.2) is 4.79 Å². The van der Waals surface area contributed by atoms with Crippen molar-refractivity contribution in [1.29, 1.82) is 0 Å². The Morgan fingerprint density at radius 3 is 2.55 bits per heavy atom. The van der Waals surface area contributed by atoms with E-state index < -0.39 is 10.8 Å². The molecule has 1 aromatic rings. The van der Waals surface area contributed by atoms with Crippen molar-refractivity contribution in [2.45, 2.75) is 33.2 Å². The van der Waals surface area contributed by atoms with E-state index in [-0.39, 0.29) is 12.1 Å². The molecule has 5 nitrogen and oxygen atoms in total. The molecule has 2 unspecified atom stereocenters. The maximum Gasteiger partial charge on any atom is 0.315 e. The van der Waals surface area contributed by atoms with Crippen molar-refractivity contribution in [2.75, 3.05) is 25.2 Å². The summed E-state index contributed by atoms with van der Waals surface area (Å²) in [5.74, 6) is 1.48. The SMILES string of the molecule is Cc1cccc(C)c1OCC(C)NC(=O)NCCCS(C)=O. The van der Waals surface area contributed by atoms with Gasteiger partial charge in [-0.05, 0) is 38.3 Å². The molecule has 1 rings (SSSR count).